The zero-order valence-corrected chi connectivity index (χ0v) is 25.0. The molecule has 0 saturated heterocycles. The predicted molar refractivity (Wildman–Crippen MR) is 162 cm³/mol. The molecule has 0 atom stereocenters. The van der Waals surface area contributed by atoms with Crippen molar-refractivity contribution in [3.05, 3.63) is 93.8 Å². The van der Waals surface area contributed by atoms with E-state index >= 15 is 0 Å². The summed E-state index contributed by atoms with van der Waals surface area (Å²) in [6, 6.07) is 13.5. The van der Waals surface area contributed by atoms with Crippen LogP contribution in [0, 0.1) is 20.8 Å². The number of aryl methyl sites for hydroxylation is 3. The van der Waals surface area contributed by atoms with E-state index in [2.05, 4.69) is 76.0 Å². The van der Waals surface area contributed by atoms with E-state index in [1.807, 2.05) is 32.2 Å². The van der Waals surface area contributed by atoms with Gasteiger partial charge in [0.15, 0.2) is 0 Å². The molecule has 0 unspecified atom stereocenters. The number of carbonyl (C=O) groups is 1. The molecule has 39 heavy (non-hydrogen) atoms. The van der Waals surface area contributed by atoms with Crippen LogP contribution < -0.4 is 0 Å². The lowest BCUT2D eigenvalue weighted by Crippen LogP contribution is -2.26. The van der Waals surface area contributed by atoms with Crippen molar-refractivity contribution in [1.29, 1.82) is 0 Å². The first-order valence-electron chi connectivity index (χ1n) is 14.2. The molecule has 0 bridgehead atoms. The van der Waals surface area contributed by atoms with Crippen molar-refractivity contribution in [2.75, 3.05) is 7.11 Å². The highest BCUT2D eigenvalue weighted by Crippen LogP contribution is 2.42. The van der Waals surface area contributed by atoms with Crippen LogP contribution in [0.15, 0.2) is 54.9 Å². The second-order valence-electron chi connectivity index (χ2n) is 10.8. The van der Waals surface area contributed by atoms with Crippen molar-refractivity contribution in [3.8, 4) is 11.1 Å². The van der Waals surface area contributed by atoms with Gasteiger partial charge in [-0.1, -0.05) is 70.2 Å². The Morgan fingerprint density at radius 2 is 1.49 bits per heavy atom. The van der Waals surface area contributed by atoms with Gasteiger partial charge in [-0.05, 0) is 97.0 Å². The van der Waals surface area contributed by atoms with Crippen molar-refractivity contribution in [2.45, 2.75) is 91.6 Å². The maximum Gasteiger partial charge on any atom is 0.310 e. The molecule has 2 aromatic carbocycles. The lowest BCUT2D eigenvalue weighted by Gasteiger charge is -2.35. The van der Waals surface area contributed by atoms with Crippen LogP contribution in [0.25, 0.3) is 17.2 Å². The molecule has 0 amide bonds. The Hall–Kier alpha value is -3.24. The molecule has 0 aliphatic heterocycles. The van der Waals surface area contributed by atoms with Crippen LogP contribution in [0.4, 0.5) is 0 Å². The molecule has 1 aromatic heterocycles. The fourth-order valence-electron chi connectivity index (χ4n) is 5.78. The number of hydrogen-bond acceptors (Lipinski definition) is 4. The zero-order chi connectivity index (χ0) is 28.8. The number of pyridine rings is 1. The Morgan fingerprint density at radius 1 is 0.872 bits per heavy atom. The second kappa shape index (κ2) is 12.7. The summed E-state index contributed by atoms with van der Waals surface area (Å²) in [6.45, 7) is 15.1. The largest absolute Gasteiger partial charge is 0.469 e. The molecule has 0 radical (unpaired) electrons. The zero-order valence-electron chi connectivity index (χ0n) is 25.0. The average molecular weight is 528 g/mol. The first kappa shape index (κ1) is 30.3. The van der Waals surface area contributed by atoms with Crippen LogP contribution in [-0.4, -0.2) is 28.8 Å². The van der Waals surface area contributed by atoms with E-state index in [4.69, 9.17) is 4.74 Å². The van der Waals surface area contributed by atoms with Gasteiger partial charge < -0.3 is 9.84 Å². The van der Waals surface area contributed by atoms with Gasteiger partial charge in [-0.25, -0.2) is 0 Å². The molecule has 0 fully saturated rings. The van der Waals surface area contributed by atoms with Gasteiger partial charge in [-0.3, -0.25) is 9.78 Å². The molecule has 1 heterocycles. The molecule has 3 aromatic rings. The van der Waals surface area contributed by atoms with Crippen LogP contribution >= 0.6 is 0 Å². The summed E-state index contributed by atoms with van der Waals surface area (Å²) in [6.07, 6.45) is 11.2. The van der Waals surface area contributed by atoms with Gasteiger partial charge in [-0.15, -0.1) is 0 Å². The van der Waals surface area contributed by atoms with Gasteiger partial charge in [0.05, 0.1) is 19.1 Å². The lowest BCUT2D eigenvalue weighted by molar-refractivity contribution is -0.139. The summed E-state index contributed by atoms with van der Waals surface area (Å²) in [5.41, 5.74) is 9.54. The molecule has 208 valence electrons. The molecule has 1 N–H and O–H groups in total. The highest BCUT2D eigenvalue weighted by atomic mass is 16.5. The third-order valence-electron chi connectivity index (χ3n) is 8.57. The first-order chi connectivity index (χ1) is 18.6. The molecule has 3 rings (SSSR count). The number of methoxy groups -OCH3 is 1. The number of aliphatic hydroxyl groups is 1. The number of ether oxygens (including phenoxy) is 1. The fraction of sp³-hybridized carbons (Fsp3) is 0.429. The number of rotatable bonds is 11. The number of benzene rings is 2. The maximum atomic E-state index is 11.8. The van der Waals surface area contributed by atoms with Crippen molar-refractivity contribution >= 4 is 12.0 Å². The molecule has 0 aliphatic carbocycles. The van der Waals surface area contributed by atoms with Gasteiger partial charge in [0.2, 0.25) is 0 Å². The first-order valence-corrected chi connectivity index (χ1v) is 14.2. The third-order valence-corrected chi connectivity index (χ3v) is 8.57. The van der Waals surface area contributed by atoms with Crippen molar-refractivity contribution in [2.24, 2.45) is 0 Å². The van der Waals surface area contributed by atoms with Gasteiger partial charge in [0, 0.05) is 23.4 Å². The number of carbonyl (C=O) groups excluding carboxylic acids is 1. The SMILES string of the molecule is CCC(O)(C=Cc1ccc(C(CC)(CC)c2cc(C)c(-c3cncc(CC(=O)OC)c3)c(C)c2)cc1C)CC. The van der Waals surface area contributed by atoms with Crippen LogP contribution in [0.3, 0.4) is 0 Å². The number of nitrogens with zero attached hydrogens (tertiary/aromatic N) is 1. The van der Waals surface area contributed by atoms with Crippen molar-refractivity contribution in [1.82, 2.24) is 4.98 Å². The smallest absolute Gasteiger partial charge is 0.310 e. The summed E-state index contributed by atoms with van der Waals surface area (Å²) < 4.78 is 4.84. The van der Waals surface area contributed by atoms with E-state index in [0.717, 1.165) is 35.1 Å². The molecule has 4 nitrogen and oxygen atoms in total. The summed E-state index contributed by atoms with van der Waals surface area (Å²) in [4.78, 5) is 16.2. The van der Waals surface area contributed by atoms with Gasteiger partial charge in [0.25, 0.3) is 0 Å². The topological polar surface area (TPSA) is 59.4 Å². The summed E-state index contributed by atoms with van der Waals surface area (Å²) >= 11 is 0. The lowest BCUT2D eigenvalue weighted by atomic mass is 9.69. The minimum Gasteiger partial charge on any atom is -0.469 e. The minimum atomic E-state index is -0.757. The number of aromatic nitrogens is 1. The highest BCUT2D eigenvalue weighted by Gasteiger charge is 2.32. The van der Waals surface area contributed by atoms with Crippen LogP contribution in [-0.2, 0) is 21.4 Å². The Kier molecular flexibility index (Phi) is 9.90. The van der Waals surface area contributed by atoms with Gasteiger partial charge >= 0.3 is 5.97 Å². The van der Waals surface area contributed by atoms with Crippen molar-refractivity contribution in [3.63, 3.8) is 0 Å². The normalized spacial score (nSPS) is 12.2. The van der Waals surface area contributed by atoms with E-state index < -0.39 is 5.60 Å². The predicted octanol–water partition coefficient (Wildman–Crippen LogP) is 8.06. The summed E-state index contributed by atoms with van der Waals surface area (Å²) in [5, 5.41) is 10.7. The minimum absolute atomic E-state index is 0.111. The van der Waals surface area contributed by atoms with E-state index in [9.17, 15) is 9.90 Å². The molecule has 0 saturated carbocycles. The third kappa shape index (κ3) is 6.50. The fourth-order valence-corrected chi connectivity index (χ4v) is 5.78. The Morgan fingerprint density at radius 3 is 2.03 bits per heavy atom. The summed E-state index contributed by atoms with van der Waals surface area (Å²) in [5.74, 6) is -0.267. The Balaban J connectivity index is 2.04. The number of hydrogen-bond donors (Lipinski definition) is 1. The Bertz CT molecular complexity index is 1310. The average Bonchev–Trinajstić information content (AvgIpc) is 2.93. The molecule has 4 heteroatoms. The van der Waals surface area contributed by atoms with Crippen LogP contribution in [0.5, 0.6) is 0 Å². The van der Waals surface area contributed by atoms with Gasteiger partial charge in [-0.2, -0.15) is 0 Å². The van der Waals surface area contributed by atoms with Crippen LogP contribution in [0.1, 0.15) is 92.3 Å². The molecule has 0 spiro atoms. The molecular formula is C35H45NO3. The van der Waals surface area contributed by atoms with E-state index in [1.54, 1.807) is 6.20 Å². The van der Waals surface area contributed by atoms with E-state index in [-0.39, 0.29) is 17.8 Å². The molecular weight excluding hydrogens is 482 g/mol. The van der Waals surface area contributed by atoms with Crippen LogP contribution in [0.2, 0.25) is 0 Å². The standard InChI is InChI=1S/C35H45NO3/c1-9-34(38,10-2)16-15-28-13-14-30(17-24(28)5)35(11-3,12-4)31-18-25(6)33(26(7)19-31)29-20-27(22-36-23-29)21-32(37)39-8/h13-20,22-23,38H,9-12,21H2,1-8H3. The van der Waals surface area contributed by atoms with E-state index in [1.165, 1.54) is 34.9 Å². The van der Waals surface area contributed by atoms with Crippen molar-refractivity contribution < 1.29 is 14.6 Å². The summed E-state index contributed by atoms with van der Waals surface area (Å²) in [7, 11) is 1.41. The quantitative estimate of drug-likeness (QED) is 0.256. The molecule has 0 aliphatic rings. The van der Waals surface area contributed by atoms with E-state index in [0.29, 0.717) is 12.8 Å². The maximum absolute atomic E-state index is 11.8. The Labute approximate surface area is 235 Å². The second-order valence-corrected chi connectivity index (χ2v) is 10.8. The van der Waals surface area contributed by atoms with Gasteiger partial charge in [0.1, 0.15) is 0 Å². The number of esters is 1. The monoisotopic (exact) mass is 527 g/mol. The highest BCUT2D eigenvalue weighted by molar-refractivity contribution is 5.75.